The summed E-state index contributed by atoms with van der Waals surface area (Å²) in [5.74, 6) is -1.29. The summed E-state index contributed by atoms with van der Waals surface area (Å²) < 4.78 is 93.7. The van der Waals surface area contributed by atoms with E-state index < -0.39 is 35.5 Å². The normalized spacial score (nSPS) is 13.8. The van der Waals surface area contributed by atoms with Crippen molar-refractivity contribution in [3.05, 3.63) is 52.7 Å². The number of oxazole rings is 1. The third-order valence-electron chi connectivity index (χ3n) is 4.64. The summed E-state index contributed by atoms with van der Waals surface area (Å²) in [5.41, 5.74) is 2.65. The summed E-state index contributed by atoms with van der Waals surface area (Å²) in [5, 5.41) is 3.09. The van der Waals surface area contributed by atoms with Gasteiger partial charge in [-0.2, -0.15) is 31.4 Å². The zero-order chi connectivity index (χ0) is 24.6. The molecule has 0 aromatic carbocycles. The fourth-order valence-corrected chi connectivity index (χ4v) is 3.06. The van der Waals surface area contributed by atoms with E-state index >= 15 is 0 Å². The van der Waals surface area contributed by atoms with Crippen molar-refractivity contribution >= 4 is 5.91 Å². The molecule has 3 heterocycles. The largest absolute Gasteiger partial charge is 0.441 e. The van der Waals surface area contributed by atoms with Gasteiger partial charge in [-0.3, -0.25) is 9.48 Å². The van der Waals surface area contributed by atoms with Gasteiger partial charge < -0.3 is 10.2 Å². The van der Waals surface area contributed by atoms with Crippen molar-refractivity contribution in [2.75, 3.05) is 0 Å². The van der Waals surface area contributed by atoms with Gasteiger partial charge in [-0.1, -0.05) is 0 Å². The van der Waals surface area contributed by atoms with Crippen LogP contribution >= 0.6 is 0 Å². The molecule has 0 aliphatic heterocycles. The van der Waals surface area contributed by atoms with Crippen molar-refractivity contribution in [2.45, 2.75) is 38.0 Å². The van der Waals surface area contributed by atoms with Crippen LogP contribution in [0.1, 0.15) is 46.2 Å². The van der Waals surface area contributed by atoms with E-state index in [1.54, 1.807) is 0 Å². The number of fused-ring (bicyclic) bond motifs is 1. The quantitative estimate of drug-likeness (QED) is 0.553. The lowest BCUT2D eigenvalue weighted by Crippen LogP contribution is -2.15. The molecule has 0 unspecified atom stereocenters. The fraction of sp³-hybridized carbons (Fsp3) is 0.368. The van der Waals surface area contributed by atoms with Crippen LogP contribution in [0.15, 0.2) is 22.7 Å². The molecule has 0 fully saturated rings. The zero-order valence-corrected chi connectivity index (χ0v) is 16.9. The van der Waals surface area contributed by atoms with Gasteiger partial charge >= 0.3 is 12.4 Å². The number of hydrogen-bond donors (Lipinski definition) is 1. The number of halogens is 7. The summed E-state index contributed by atoms with van der Waals surface area (Å²) in [6.07, 6.45) is -5.36. The van der Waals surface area contributed by atoms with E-state index in [1.165, 1.54) is 7.05 Å². The number of primary amides is 1. The summed E-state index contributed by atoms with van der Waals surface area (Å²) in [6.45, 7) is 0. The standard InChI is InChI=1S/C13H10F4N2O.C6H6F3N3O/c14-8-6-18-11(13(15,16)17)5-7(8)12-19-9-3-1-2-4-10(9)20-12;1-12-3(5(10)13)2-4(11-12)6(7,8)9/h5-6H,1-4H2;2H,1H3,(H2,10,13). The molecular formula is C19H16F7N5O2. The lowest BCUT2D eigenvalue weighted by atomic mass is 10.0. The Balaban J connectivity index is 0.000000205. The third-order valence-corrected chi connectivity index (χ3v) is 4.64. The Morgan fingerprint density at radius 1 is 1.06 bits per heavy atom. The minimum atomic E-state index is -4.63. The number of amides is 1. The Morgan fingerprint density at radius 3 is 2.21 bits per heavy atom. The minimum absolute atomic E-state index is 0.109. The van der Waals surface area contributed by atoms with Crippen LogP contribution in [0.25, 0.3) is 11.5 Å². The maximum absolute atomic E-state index is 13.7. The number of alkyl halides is 6. The highest BCUT2D eigenvalue weighted by molar-refractivity contribution is 5.91. The number of nitrogens with zero attached hydrogens (tertiary/aromatic N) is 4. The molecule has 14 heteroatoms. The van der Waals surface area contributed by atoms with E-state index in [-0.39, 0.29) is 17.1 Å². The SMILES string of the molecule is Cn1nc(C(F)(F)F)cc1C(N)=O.Fc1cnc(C(F)(F)F)cc1-c1nc2c(o1)CCCC2. The number of nitrogens with two attached hydrogens (primary N) is 1. The lowest BCUT2D eigenvalue weighted by molar-refractivity contribution is -0.142. The summed E-state index contributed by atoms with van der Waals surface area (Å²) in [7, 11) is 1.22. The molecule has 0 saturated heterocycles. The van der Waals surface area contributed by atoms with E-state index in [1.807, 2.05) is 0 Å². The van der Waals surface area contributed by atoms with E-state index in [2.05, 4.69) is 15.1 Å². The molecule has 0 radical (unpaired) electrons. The molecule has 1 aliphatic rings. The van der Waals surface area contributed by atoms with Crippen molar-refractivity contribution in [1.29, 1.82) is 0 Å². The molecule has 7 nitrogen and oxygen atoms in total. The van der Waals surface area contributed by atoms with Gasteiger partial charge in [0.05, 0.1) is 17.5 Å². The average molecular weight is 479 g/mol. The summed E-state index contributed by atoms with van der Waals surface area (Å²) >= 11 is 0. The second-order valence-corrected chi connectivity index (χ2v) is 7.04. The van der Waals surface area contributed by atoms with Crippen LogP contribution < -0.4 is 5.73 Å². The molecule has 3 aromatic heterocycles. The molecule has 178 valence electrons. The Bertz CT molecular complexity index is 1140. The summed E-state index contributed by atoms with van der Waals surface area (Å²) in [6, 6.07) is 1.24. The van der Waals surface area contributed by atoms with Gasteiger partial charge in [0.25, 0.3) is 5.91 Å². The van der Waals surface area contributed by atoms with Crippen LogP contribution in [0, 0.1) is 5.82 Å². The Kier molecular flexibility index (Phi) is 6.47. The van der Waals surface area contributed by atoms with Crippen molar-refractivity contribution in [3.8, 4) is 11.5 Å². The zero-order valence-electron chi connectivity index (χ0n) is 16.9. The lowest BCUT2D eigenvalue weighted by Gasteiger charge is -2.06. The number of aryl methyl sites for hydroxylation is 3. The first kappa shape index (κ1) is 24.2. The topological polar surface area (TPSA) is 99.8 Å². The highest BCUT2D eigenvalue weighted by Gasteiger charge is 2.35. The van der Waals surface area contributed by atoms with Crippen LogP contribution in [0.2, 0.25) is 0 Å². The number of rotatable bonds is 2. The molecule has 4 rings (SSSR count). The van der Waals surface area contributed by atoms with E-state index in [9.17, 15) is 35.5 Å². The van der Waals surface area contributed by atoms with Gasteiger partial charge in [0.15, 0.2) is 11.5 Å². The monoisotopic (exact) mass is 479 g/mol. The van der Waals surface area contributed by atoms with Gasteiger partial charge in [0.2, 0.25) is 5.89 Å². The Morgan fingerprint density at radius 2 is 1.70 bits per heavy atom. The van der Waals surface area contributed by atoms with Crippen LogP contribution in [-0.4, -0.2) is 25.7 Å². The molecule has 0 bridgehead atoms. The van der Waals surface area contributed by atoms with Crippen LogP contribution in [-0.2, 0) is 32.2 Å². The predicted octanol–water partition coefficient (Wildman–Crippen LogP) is 4.31. The van der Waals surface area contributed by atoms with Crippen LogP contribution in [0.3, 0.4) is 0 Å². The van der Waals surface area contributed by atoms with E-state index in [0.717, 1.165) is 17.5 Å². The highest BCUT2D eigenvalue weighted by atomic mass is 19.4. The van der Waals surface area contributed by atoms with E-state index in [0.29, 0.717) is 42.6 Å². The van der Waals surface area contributed by atoms with Gasteiger partial charge in [-0.05, 0) is 25.3 Å². The van der Waals surface area contributed by atoms with Crippen LogP contribution in [0.5, 0.6) is 0 Å². The molecule has 0 atom stereocenters. The first-order valence-corrected chi connectivity index (χ1v) is 9.40. The predicted molar refractivity (Wildman–Crippen MR) is 98.1 cm³/mol. The molecule has 0 spiro atoms. The van der Waals surface area contributed by atoms with Crippen molar-refractivity contribution < 1.29 is 39.9 Å². The average Bonchev–Trinajstić information content (AvgIpc) is 3.31. The number of pyridine rings is 1. The molecule has 1 aliphatic carbocycles. The molecule has 0 saturated carbocycles. The maximum atomic E-state index is 13.7. The minimum Gasteiger partial charge on any atom is -0.441 e. The number of carbonyl (C=O) groups excluding carboxylic acids is 1. The molecular weight excluding hydrogens is 463 g/mol. The number of hydrogen-bond acceptors (Lipinski definition) is 5. The summed E-state index contributed by atoms with van der Waals surface area (Å²) in [4.78, 5) is 17.7. The second-order valence-electron chi connectivity index (χ2n) is 7.04. The highest BCUT2D eigenvalue weighted by Crippen LogP contribution is 2.33. The second kappa shape index (κ2) is 8.83. The Labute approximate surface area is 181 Å². The smallest absolute Gasteiger partial charge is 0.435 e. The maximum Gasteiger partial charge on any atom is 0.435 e. The van der Waals surface area contributed by atoms with Crippen molar-refractivity contribution in [3.63, 3.8) is 0 Å². The van der Waals surface area contributed by atoms with Gasteiger partial charge in [0.1, 0.15) is 17.1 Å². The van der Waals surface area contributed by atoms with Gasteiger partial charge in [-0.15, -0.1) is 0 Å². The fourth-order valence-electron chi connectivity index (χ4n) is 3.06. The van der Waals surface area contributed by atoms with Gasteiger partial charge in [0, 0.05) is 19.5 Å². The number of carbonyl (C=O) groups is 1. The first-order valence-electron chi connectivity index (χ1n) is 9.40. The molecule has 3 aromatic rings. The Hall–Kier alpha value is -3.45. The van der Waals surface area contributed by atoms with E-state index in [4.69, 9.17) is 10.2 Å². The van der Waals surface area contributed by atoms with Crippen molar-refractivity contribution in [1.82, 2.24) is 19.7 Å². The van der Waals surface area contributed by atoms with Crippen molar-refractivity contribution in [2.24, 2.45) is 12.8 Å². The number of aromatic nitrogens is 4. The third kappa shape index (κ3) is 5.49. The molecule has 2 N–H and O–H groups in total. The molecule has 1 amide bonds. The first-order chi connectivity index (χ1) is 15.3. The van der Waals surface area contributed by atoms with Gasteiger partial charge in [-0.25, -0.2) is 14.4 Å². The van der Waals surface area contributed by atoms with Crippen LogP contribution in [0.4, 0.5) is 30.7 Å². The molecule has 33 heavy (non-hydrogen) atoms.